The number of hydrogen-bond donors (Lipinski definition) is 2. The Morgan fingerprint density at radius 1 is 1.12 bits per heavy atom. The molecule has 0 aliphatic carbocycles. The van der Waals surface area contributed by atoms with Gasteiger partial charge in [0.2, 0.25) is 0 Å². The fourth-order valence-electron chi connectivity index (χ4n) is 3.63. The van der Waals surface area contributed by atoms with Crippen LogP contribution in [0.25, 0.3) is 0 Å². The van der Waals surface area contributed by atoms with E-state index in [0.29, 0.717) is 22.8 Å². The summed E-state index contributed by atoms with van der Waals surface area (Å²) in [6.45, 7) is 3.61. The Labute approximate surface area is 190 Å². The number of dihydropyridines is 1. The van der Waals surface area contributed by atoms with E-state index in [1.165, 1.54) is 31.5 Å². The van der Waals surface area contributed by atoms with Gasteiger partial charge < -0.3 is 20.1 Å². The van der Waals surface area contributed by atoms with Gasteiger partial charge in [-0.25, -0.2) is 9.78 Å². The SMILES string of the molecule is COCCOC(=O)C1=C(C)NC(C)=C(C(=O)Nc2ccccn2)[C@@H]1c1cccc([N+](=O)[O-])c1. The number of esters is 1. The number of methoxy groups -OCH3 is 1. The van der Waals surface area contributed by atoms with Gasteiger partial charge in [0, 0.05) is 42.4 Å². The third-order valence-electron chi connectivity index (χ3n) is 5.07. The molecule has 1 aliphatic heterocycles. The fourth-order valence-corrected chi connectivity index (χ4v) is 3.63. The maximum atomic E-state index is 13.3. The molecule has 1 amide bonds. The summed E-state index contributed by atoms with van der Waals surface area (Å²) >= 11 is 0. The molecule has 2 heterocycles. The number of nitro groups is 1. The molecule has 2 aromatic rings. The third-order valence-corrected chi connectivity index (χ3v) is 5.07. The number of amides is 1. The highest BCUT2D eigenvalue weighted by atomic mass is 16.6. The minimum Gasteiger partial charge on any atom is -0.460 e. The van der Waals surface area contributed by atoms with Crippen LogP contribution in [0.15, 0.2) is 71.2 Å². The Kier molecular flexibility index (Phi) is 7.52. The number of anilines is 1. The third kappa shape index (κ3) is 5.42. The minimum absolute atomic E-state index is 0.0198. The maximum absolute atomic E-state index is 13.3. The van der Waals surface area contributed by atoms with E-state index in [0.717, 1.165) is 0 Å². The molecule has 0 unspecified atom stereocenters. The van der Waals surface area contributed by atoms with Crippen molar-refractivity contribution in [3.05, 3.63) is 86.9 Å². The smallest absolute Gasteiger partial charge is 0.336 e. The van der Waals surface area contributed by atoms with E-state index in [4.69, 9.17) is 9.47 Å². The summed E-state index contributed by atoms with van der Waals surface area (Å²) in [5, 5.41) is 17.2. The zero-order chi connectivity index (χ0) is 24.0. The van der Waals surface area contributed by atoms with Gasteiger partial charge in [-0.05, 0) is 31.5 Å². The molecule has 33 heavy (non-hydrogen) atoms. The maximum Gasteiger partial charge on any atom is 0.336 e. The van der Waals surface area contributed by atoms with Gasteiger partial charge >= 0.3 is 5.97 Å². The van der Waals surface area contributed by atoms with E-state index in [1.54, 1.807) is 38.1 Å². The van der Waals surface area contributed by atoms with E-state index in [2.05, 4.69) is 15.6 Å². The van der Waals surface area contributed by atoms with Gasteiger partial charge in [-0.3, -0.25) is 14.9 Å². The van der Waals surface area contributed by atoms with E-state index in [1.807, 2.05) is 0 Å². The molecule has 172 valence electrons. The normalized spacial score (nSPS) is 15.7. The van der Waals surface area contributed by atoms with Crippen LogP contribution in [0.4, 0.5) is 11.5 Å². The van der Waals surface area contributed by atoms with E-state index >= 15 is 0 Å². The second kappa shape index (κ2) is 10.5. The van der Waals surface area contributed by atoms with Gasteiger partial charge in [0.15, 0.2) is 0 Å². The predicted octanol–water partition coefficient (Wildman–Crippen LogP) is 3.05. The molecule has 0 bridgehead atoms. The lowest BCUT2D eigenvalue weighted by molar-refractivity contribution is -0.384. The summed E-state index contributed by atoms with van der Waals surface area (Å²) < 4.78 is 10.3. The summed E-state index contributed by atoms with van der Waals surface area (Å²) in [5.74, 6) is -1.71. The van der Waals surface area contributed by atoms with Crippen molar-refractivity contribution in [3.8, 4) is 0 Å². The van der Waals surface area contributed by atoms with E-state index in [-0.39, 0.29) is 30.0 Å². The quantitative estimate of drug-likeness (QED) is 0.270. The first-order valence-corrected chi connectivity index (χ1v) is 10.1. The van der Waals surface area contributed by atoms with E-state index in [9.17, 15) is 19.7 Å². The highest BCUT2D eigenvalue weighted by Crippen LogP contribution is 2.40. The van der Waals surface area contributed by atoms with Gasteiger partial charge in [-0.1, -0.05) is 18.2 Å². The number of allylic oxidation sites excluding steroid dienone is 2. The lowest BCUT2D eigenvalue weighted by Gasteiger charge is -2.30. The van der Waals surface area contributed by atoms with Gasteiger partial charge in [0.1, 0.15) is 12.4 Å². The molecule has 1 atom stereocenters. The number of nitro benzene ring substituents is 1. The molecule has 10 nitrogen and oxygen atoms in total. The van der Waals surface area contributed by atoms with Crippen molar-refractivity contribution in [3.63, 3.8) is 0 Å². The van der Waals surface area contributed by atoms with Crippen molar-refractivity contribution >= 4 is 23.4 Å². The lowest BCUT2D eigenvalue weighted by Crippen LogP contribution is -2.34. The Bertz CT molecular complexity index is 1130. The molecule has 10 heteroatoms. The number of rotatable bonds is 8. The number of nitrogens with one attached hydrogen (secondary N) is 2. The number of hydrogen-bond acceptors (Lipinski definition) is 8. The van der Waals surface area contributed by atoms with Crippen molar-refractivity contribution in [1.29, 1.82) is 0 Å². The van der Waals surface area contributed by atoms with Crippen molar-refractivity contribution in [2.75, 3.05) is 25.6 Å². The fraction of sp³-hybridized carbons (Fsp3) is 0.261. The number of carbonyl (C=O) groups is 2. The van der Waals surface area contributed by atoms with Gasteiger partial charge in [-0.2, -0.15) is 0 Å². The first-order chi connectivity index (χ1) is 15.8. The standard InChI is InChI=1S/C23H24N4O6/c1-14-19(22(28)26-18-9-4-5-10-24-18)21(16-7-6-8-17(13-16)27(30)31)20(15(2)25-14)23(29)33-12-11-32-3/h4-10,13,21,25H,11-12H2,1-3H3,(H,24,26,28)/t21-/m0/s1. The Hall–Kier alpha value is -4.05. The van der Waals surface area contributed by atoms with Crippen molar-refractivity contribution < 1.29 is 24.0 Å². The summed E-state index contributed by atoms with van der Waals surface area (Å²) in [7, 11) is 1.48. The van der Waals surface area contributed by atoms with Gasteiger partial charge in [0.25, 0.3) is 11.6 Å². The molecule has 1 aromatic carbocycles. The van der Waals surface area contributed by atoms with Crippen molar-refractivity contribution in [2.45, 2.75) is 19.8 Å². The molecular weight excluding hydrogens is 428 g/mol. The van der Waals surface area contributed by atoms with Crippen LogP contribution in [0.1, 0.15) is 25.3 Å². The molecule has 1 aliphatic rings. The summed E-state index contributed by atoms with van der Waals surface area (Å²) in [6, 6.07) is 10.9. The molecule has 1 aromatic heterocycles. The number of pyridine rings is 1. The van der Waals surface area contributed by atoms with Crippen LogP contribution in [0.5, 0.6) is 0 Å². The Balaban J connectivity index is 2.08. The minimum atomic E-state index is -0.898. The molecular formula is C23H24N4O6. The Morgan fingerprint density at radius 3 is 2.55 bits per heavy atom. The summed E-state index contributed by atoms with van der Waals surface area (Å²) in [6.07, 6.45) is 1.54. The lowest BCUT2D eigenvalue weighted by atomic mass is 9.80. The molecule has 2 N–H and O–H groups in total. The van der Waals surface area contributed by atoms with Crippen LogP contribution in [-0.2, 0) is 19.1 Å². The van der Waals surface area contributed by atoms with Gasteiger partial charge in [0.05, 0.1) is 23.0 Å². The Morgan fingerprint density at radius 2 is 1.88 bits per heavy atom. The molecule has 0 spiro atoms. The number of benzene rings is 1. The highest BCUT2D eigenvalue weighted by molar-refractivity contribution is 6.08. The number of ether oxygens (including phenoxy) is 2. The second-order valence-corrected chi connectivity index (χ2v) is 7.29. The predicted molar refractivity (Wildman–Crippen MR) is 120 cm³/mol. The van der Waals surface area contributed by atoms with Crippen LogP contribution in [0, 0.1) is 10.1 Å². The van der Waals surface area contributed by atoms with Crippen LogP contribution in [0.3, 0.4) is 0 Å². The topological polar surface area (TPSA) is 133 Å². The van der Waals surface area contributed by atoms with E-state index < -0.39 is 22.7 Å². The van der Waals surface area contributed by atoms with Crippen LogP contribution >= 0.6 is 0 Å². The average Bonchev–Trinajstić information content (AvgIpc) is 2.79. The molecule has 0 fully saturated rings. The molecule has 0 saturated carbocycles. The zero-order valence-corrected chi connectivity index (χ0v) is 18.5. The number of carbonyl (C=O) groups excluding carboxylic acids is 2. The number of nitrogens with zero attached hydrogens (tertiary/aromatic N) is 2. The molecule has 0 saturated heterocycles. The molecule has 3 rings (SSSR count). The largest absolute Gasteiger partial charge is 0.460 e. The number of aromatic nitrogens is 1. The summed E-state index contributed by atoms with van der Waals surface area (Å²) in [5.41, 5.74) is 1.66. The zero-order valence-electron chi connectivity index (χ0n) is 18.5. The van der Waals surface area contributed by atoms with Crippen molar-refractivity contribution in [1.82, 2.24) is 10.3 Å². The van der Waals surface area contributed by atoms with Gasteiger partial charge in [-0.15, -0.1) is 0 Å². The highest BCUT2D eigenvalue weighted by Gasteiger charge is 2.38. The van der Waals surface area contributed by atoms with Crippen LogP contribution < -0.4 is 10.6 Å². The summed E-state index contributed by atoms with van der Waals surface area (Å²) in [4.78, 5) is 41.4. The number of non-ortho nitro benzene ring substituents is 1. The second-order valence-electron chi connectivity index (χ2n) is 7.29. The van der Waals surface area contributed by atoms with Crippen LogP contribution in [0.2, 0.25) is 0 Å². The monoisotopic (exact) mass is 452 g/mol. The average molecular weight is 452 g/mol. The van der Waals surface area contributed by atoms with Crippen molar-refractivity contribution in [2.24, 2.45) is 0 Å². The van der Waals surface area contributed by atoms with Crippen LogP contribution in [-0.4, -0.2) is 42.1 Å². The first-order valence-electron chi connectivity index (χ1n) is 10.1. The first kappa shape index (κ1) is 23.6. The molecule has 0 radical (unpaired) electrons.